The fourth-order valence-electron chi connectivity index (χ4n) is 4.61. The number of benzene rings is 1. The number of carbonyl (C=O) groups excluding carboxylic acids is 2. The van der Waals surface area contributed by atoms with Crippen LogP contribution in [0.3, 0.4) is 0 Å². The van der Waals surface area contributed by atoms with E-state index in [0.29, 0.717) is 24.3 Å². The van der Waals surface area contributed by atoms with E-state index >= 15 is 0 Å². The summed E-state index contributed by atoms with van der Waals surface area (Å²) in [6.07, 6.45) is 4.77. The lowest BCUT2D eigenvalue weighted by Crippen LogP contribution is -2.48. The van der Waals surface area contributed by atoms with Gasteiger partial charge in [-0.1, -0.05) is 12.1 Å². The first-order valence-electron chi connectivity index (χ1n) is 12.0. The monoisotopic (exact) mass is 494 g/mol. The zero-order valence-corrected chi connectivity index (χ0v) is 19.7. The topological polar surface area (TPSA) is 119 Å². The zero-order chi connectivity index (χ0) is 25.2. The van der Waals surface area contributed by atoms with E-state index in [0.717, 1.165) is 38.0 Å². The summed E-state index contributed by atoms with van der Waals surface area (Å²) < 4.78 is 14.4. The molecule has 0 atom stereocenters. The van der Waals surface area contributed by atoms with Crippen molar-refractivity contribution in [3.63, 3.8) is 0 Å². The molecule has 0 aliphatic carbocycles. The number of piperazine rings is 1. The SMILES string of the molecule is O=C(NCc1ccc(F)cc1)c1nc2c(N3CCNCC3=O)cc(N3CCCCC3)cn2c(=O)c1O. The maximum Gasteiger partial charge on any atom is 0.301 e. The summed E-state index contributed by atoms with van der Waals surface area (Å²) in [6, 6.07) is 7.42. The molecule has 10 nitrogen and oxygen atoms in total. The molecule has 5 rings (SSSR count). The Balaban J connectivity index is 1.57. The van der Waals surface area contributed by atoms with Crippen LogP contribution in [0, 0.1) is 5.82 Å². The number of piperidine rings is 1. The highest BCUT2D eigenvalue weighted by atomic mass is 19.1. The predicted octanol–water partition coefficient (Wildman–Crippen LogP) is 1.40. The van der Waals surface area contributed by atoms with Crippen molar-refractivity contribution >= 4 is 28.8 Å². The Morgan fingerprint density at radius 3 is 2.58 bits per heavy atom. The van der Waals surface area contributed by atoms with Crippen LogP contribution in [-0.2, 0) is 11.3 Å². The van der Waals surface area contributed by atoms with Crippen molar-refractivity contribution < 1.29 is 19.1 Å². The van der Waals surface area contributed by atoms with Crippen LogP contribution in [0.5, 0.6) is 5.75 Å². The average Bonchev–Trinajstić information content (AvgIpc) is 2.90. The smallest absolute Gasteiger partial charge is 0.301 e. The third kappa shape index (κ3) is 4.61. The van der Waals surface area contributed by atoms with E-state index in [1.807, 2.05) is 6.07 Å². The minimum Gasteiger partial charge on any atom is -0.501 e. The number of hydrogen-bond acceptors (Lipinski definition) is 7. The summed E-state index contributed by atoms with van der Waals surface area (Å²) in [6.45, 7) is 2.78. The van der Waals surface area contributed by atoms with Gasteiger partial charge in [0.25, 0.3) is 5.91 Å². The molecule has 11 heteroatoms. The van der Waals surface area contributed by atoms with Crippen molar-refractivity contribution in [2.45, 2.75) is 25.8 Å². The first-order valence-corrected chi connectivity index (χ1v) is 12.0. The van der Waals surface area contributed by atoms with Crippen LogP contribution in [0.4, 0.5) is 15.8 Å². The van der Waals surface area contributed by atoms with Gasteiger partial charge in [-0.2, -0.15) is 0 Å². The van der Waals surface area contributed by atoms with Crippen LogP contribution in [0.2, 0.25) is 0 Å². The maximum atomic E-state index is 13.2. The molecule has 3 aromatic rings. The fraction of sp³-hybridized carbons (Fsp3) is 0.360. The lowest BCUT2D eigenvalue weighted by Gasteiger charge is -2.32. The first-order chi connectivity index (χ1) is 17.4. The van der Waals surface area contributed by atoms with E-state index in [9.17, 15) is 23.9 Å². The van der Waals surface area contributed by atoms with Gasteiger partial charge in [0.15, 0.2) is 11.3 Å². The van der Waals surface area contributed by atoms with Crippen LogP contribution in [-0.4, -0.2) is 59.0 Å². The predicted molar refractivity (Wildman–Crippen MR) is 132 cm³/mol. The summed E-state index contributed by atoms with van der Waals surface area (Å²) in [4.78, 5) is 47.0. The van der Waals surface area contributed by atoms with Gasteiger partial charge in [-0.05, 0) is 43.0 Å². The second kappa shape index (κ2) is 9.94. The van der Waals surface area contributed by atoms with E-state index in [4.69, 9.17) is 0 Å². The second-order valence-corrected chi connectivity index (χ2v) is 8.97. The van der Waals surface area contributed by atoms with E-state index < -0.39 is 28.7 Å². The number of fused-ring (bicyclic) bond motifs is 1. The summed E-state index contributed by atoms with van der Waals surface area (Å²) >= 11 is 0. The summed E-state index contributed by atoms with van der Waals surface area (Å²) in [5, 5.41) is 16.3. The van der Waals surface area contributed by atoms with Gasteiger partial charge >= 0.3 is 5.56 Å². The van der Waals surface area contributed by atoms with Crippen LogP contribution in [0.25, 0.3) is 5.65 Å². The van der Waals surface area contributed by atoms with Crippen molar-refractivity contribution in [1.29, 1.82) is 0 Å². The quantitative estimate of drug-likeness (QED) is 0.491. The van der Waals surface area contributed by atoms with Crippen molar-refractivity contribution in [2.24, 2.45) is 0 Å². The Morgan fingerprint density at radius 1 is 1.11 bits per heavy atom. The molecule has 0 unspecified atom stereocenters. The standard InChI is InChI=1S/C25H27FN6O4/c26-17-6-4-16(5-7-17)13-28-24(35)21-22(34)25(36)32-15-18(30-9-2-1-3-10-30)12-19(23(32)29-21)31-11-8-27-14-20(31)33/h4-7,12,15,27,34H,1-3,8-11,13-14H2,(H,28,35). The molecule has 2 aromatic heterocycles. The molecule has 2 aliphatic heterocycles. The number of aromatic hydroxyl groups is 1. The molecular weight excluding hydrogens is 467 g/mol. The maximum absolute atomic E-state index is 13.2. The number of anilines is 2. The van der Waals surface area contributed by atoms with E-state index in [1.54, 1.807) is 11.1 Å². The zero-order valence-electron chi connectivity index (χ0n) is 19.7. The van der Waals surface area contributed by atoms with Gasteiger partial charge in [0.2, 0.25) is 11.7 Å². The molecule has 2 aliphatic rings. The summed E-state index contributed by atoms with van der Waals surface area (Å²) in [7, 11) is 0. The number of hydrogen-bond donors (Lipinski definition) is 3. The van der Waals surface area contributed by atoms with Gasteiger partial charge in [0.1, 0.15) is 5.82 Å². The molecule has 0 bridgehead atoms. The van der Waals surface area contributed by atoms with Crippen LogP contribution < -0.4 is 26.0 Å². The Hall–Kier alpha value is -3.99. The average molecular weight is 495 g/mol. The number of pyridine rings is 1. The van der Waals surface area contributed by atoms with Gasteiger partial charge in [0, 0.05) is 38.9 Å². The lowest BCUT2D eigenvalue weighted by atomic mass is 10.1. The number of nitrogens with zero attached hydrogens (tertiary/aromatic N) is 4. The molecule has 188 valence electrons. The van der Waals surface area contributed by atoms with Crippen LogP contribution in [0.1, 0.15) is 35.3 Å². The molecule has 3 N–H and O–H groups in total. The van der Waals surface area contributed by atoms with Crippen molar-refractivity contribution in [3.8, 4) is 5.75 Å². The highest BCUT2D eigenvalue weighted by Crippen LogP contribution is 2.29. The Morgan fingerprint density at radius 2 is 1.86 bits per heavy atom. The third-order valence-electron chi connectivity index (χ3n) is 6.55. The van der Waals surface area contributed by atoms with Gasteiger partial charge in [0.05, 0.1) is 17.9 Å². The van der Waals surface area contributed by atoms with Gasteiger partial charge < -0.3 is 25.5 Å². The Kier molecular flexibility index (Phi) is 6.55. The molecule has 2 saturated heterocycles. The molecule has 2 fully saturated rings. The highest BCUT2D eigenvalue weighted by Gasteiger charge is 2.27. The number of rotatable bonds is 5. The number of carbonyl (C=O) groups is 2. The number of nitrogens with one attached hydrogen (secondary N) is 2. The van der Waals surface area contributed by atoms with Crippen molar-refractivity contribution in [3.05, 3.63) is 64.0 Å². The van der Waals surface area contributed by atoms with Gasteiger partial charge in [-0.25, -0.2) is 9.37 Å². The van der Waals surface area contributed by atoms with E-state index in [-0.39, 0.29) is 24.6 Å². The second-order valence-electron chi connectivity index (χ2n) is 8.97. The Bertz CT molecular complexity index is 1370. The molecule has 0 saturated carbocycles. The normalized spacial score (nSPS) is 16.4. The minimum absolute atomic E-state index is 0.0522. The fourth-order valence-corrected chi connectivity index (χ4v) is 4.61. The summed E-state index contributed by atoms with van der Waals surface area (Å²) in [5.74, 6) is -2.11. The van der Waals surface area contributed by atoms with E-state index in [2.05, 4.69) is 20.5 Å². The summed E-state index contributed by atoms with van der Waals surface area (Å²) in [5.41, 5.74) is 0.682. The first kappa shape index (κ1) is 23.7. The van der Waals surface area contributed by atoms with Crippen molar-refractivity contribution in [1.82, 2.24) is 20.0 Å². The molecule has 0 spiro atoms. The molecule has 1 aromatic carbocycles. The largest absolute Gasteiger partial charge is 0.501 e. The number of halogens is 1. The third-order valence-corrected chi connectivity index (χ3v) is 6.55. The molecule has 2 amide bonds. The molecular formula is C25H27FN6O4. The van der Waals surface area contributed by atoms with E-state index in [1.165, 1.54) is 28.7 Å². The molecule has 36 heavy (non-hydrogen) atoms. The van der Waals surface area contributed by atoms with Gasteiger partial charge in [-0.3, -0.25) is 18.8 Å². The van der Waals surface area contributed by atoms with Crippen molar-refractivity contribution in [2.75, 3.05) is 42.5 Å². The van der Waals surface area contributed by atoms with Gasteiger partial charge in [-0.15, -0.1) is 0 Å². The molecule has 0 radical (unpaired) electrons. The van der Waals surface area contributed by atoms with Crippen LogP contribution >= 0.6 is 0 Å². The Labute approximate surface area is 206 Å². The minimum atomic E-state index is -0.797. The molecule has 4 heterocycles. The van der Waals surface area contributed by atoms with Crippen LogP contribution in [0.15, 0.2) is 41.3 Å². The lowest BCUT2D eigenvalue weighted by molar-refractivity contribution is -0.118. The number of aromatic nitrogens is 2. The highest BCUT2D eigenvalue weighted by molar-refractivity contribution is 6.00. The number of amides is 2.